The second kappa shape index (κ2) is 10.4. The van der Waals surface area contributed by atoms with Crippen molar-refractivity contribution in [3.63, 3.8) is 0 Å². The minimum atomic E-state index is -0.178. The van der Waals surface area contributed by atoms with Crippen molar-refractivity contribution >= 4 is 5.91 Å². The van der Waals surface area contributed by atoms with Crippen molar-refractivity contribution in [3.8, 4) is 17.0 Å². The molecule has 0 spiro atoms. The Hall–Kier alpha value is -3.41. The van der Waals surface area contributed by atoms with Gasteiger partial charge in [0.15, 0.2) is 0 Å². The zero-order valence-corrected chi connectivity index (χ0v) is 17.4. The molecular formula is C24H27N3O3. The number of nitrogens with zero attached hydrogens (tertiary/aromatic N) is 2. The van der Waals surface area contributed by atoms with Crippen molar-refractivity contribution in [2.75, 3.05) is 6.61 Å². The number of aromatic nitrogens is 2. The van der Waals surface area contributed by atoms with Crippen LogP contribution in [-0.4, -0.2) is 22.3 Å². The Kier molecular flexibility index (Phi) is 7.38. The number of hydrogen-bond donors (Lipinski definition) is 1. The first kappa shape index (κ1) is 21.3. The second-order valence-electron chi connectivity index (χ2n) is 7.04. The number of aryl methyl sites for hydroxylation is 1. The van der Waals surface area contributed by atoms with Gasteiger partial charge in [0.1, 0.15) is 5.75 Å². The van der Waals surface area contributed by atoms with E-state index < -0.39 is 0 Å². The van der Waals surface area contributed by atoms with Gasteiger partial charge >= 0.3 is 0 Å². The fourth-order valence-corrected chi connectivity index (χ4v) is 3.18. The average Bonchev–Trinajstić information content (AvgIpc) is 2.76. The third-order valence-electron chi connectivity index (χ3n) is 4.78. The molecule has 0 aliphatic rings. The maximum absolute atomic E-state index is 12.2. The summed E-state index contributed by atoms with van der Waals surface area (Å²) >= 11 is 0. The van der Waals surface area contributed by atoms with Crippen molar-refractivity contribution in [3.05, 3.63) is 82.6 Å². The molecular weight excluding hydrogens is 378 g/mol. The van der Waals surface area contributed by atoms with Crippen LogP contribution in [0.25, 0.3) is 11.3 Å². The molecule has 2 aromatic carbocycles. The van der Waals surface area contributed by atoms with Gasteiger partial charge in [-0.15, -0.1) is 0 Å². The summed E-state index contributed by atoms with van der Waals surface area (Å²) in [4.78, 5) is 24.4. The van der Waals surface area contributed by atoms with Crippen molar-refractivity contribution in [1.29, 1.82) is 0 Å². The summed E-state index contributed by atoms with van der Waals surface area (Å²) in [5.41, 5.74) is 2.50. The molecule has 30 heavy (non-hydrogen) atoms. The standard InChI is InChI=1S/C24H27N3O3/c1-3-30-21-13-11-20(12-14-21)22-15-16-24(29)27(26-22)17-7-10-23(28)25-18(2)19-8-5-4-6-9-19/h4-6,8-9,11-16,18H,3,7,10,17H2,1-2H3,(H,25,28)/t18-/m0/s1. The van der Waals surface area contributed by atoms with Crippen molar-refractivity contribution in [2.45, 2.75) is 39.3 Å². The Morgan fingerprint density at radius 3 is 2.50 bits per heavy atom. The minimum absolute atomic E-state index is 0.0398. The number of carbonyl (C=O) groups excluding carboxylic acids is 1. The largest absolute Gasteiger partial charge is 0.494 e. The van der Waals surface area contributed by atoms with Crippen LogP contribution in [0.1, 0.15) is 38.3 Å². The van der Waals surface area contributed by atoms with Crippen LogP contribution in [0.4, 0.5) is 0 Å². The molecule has 0 radical (unpaired) electrons. The summed E-state index contributed by atoms with van der Waals surface area (Å²) in [6.07, 6.45) is 0.867. The summed E-state index contributed by atoms with van der Waals surface area (Å²) < 4.78 is 6.87. The summed E-state index contributed by atoms with van der Waals surface area (Å²) in [6, 6.07) is 20.6. The molecule has 6 nitrogen and oxygen atoms in total. The van der Waals surface area contributed by atoms with Crippen LogP contribution in [0.5, 0.6) is 5.75 Å². The molecule has 0 unspecified atom stereocenters. The lowest BCUT2D eigenvalue weighted by Crippen LogP contribution is -2.27. The highest BCUT2D eigenvalue weighted by Gasteiger charge is 2.10. The Morgan fingerprint density at radius 1 is 1.07 bits per heavy atom. The van der Waals surface area contributed by atoms with E-state index in [1.165, 1.54) is 10.7 Å². The fourth-order valence-electron chi connectivity index (χ4n) is 3.18. The molecule has 3 aromatic rings. The highest BCUT2D eigenvalue weighted by Crippen LogP contribution is 2.20. The number of ether oxygens (including phenoxy) is 1. The smallest absolute Gasteiger partial charge is 0.266 e. The quantitative estimate of drug-likeness (QED) is 0.585. The first-order valence-electron chi connectivity index (χ1n) is 10.2. The first-order valence-corrected chi connectivity index (χ1v) is 10.2. The number of carbonyl (C=O) groups is 1. The molecule has 1 atom stereocenters. The van der Waals surface area contributed by atoms with Crippen LogP contribution >= 0.6 is 0 Å². The molecule has 0 saturated heterocycles. The maximum atomic E-state index is 12.2. The first-order chi connectivity index (χ1) is 14.6. The third-order valence-corrected chi connectivity index (χ3v) is 4.78. The predicted molar refractivity (Wildman–Crippen MR) is 117 cm³/mol. The number of rotatable bonds is 9. The van der Waals surface area contributed by atoms with Crippen LogP contribution in [0, 0.1) is 0 Å². The molecule has 1 aromatic heterocycles. The average molecular weight is 405 g/mol. The van der Waals surface area contributed by atoms with Gasteiger partial charge in [-0.05, 0) is 56.2 Å². The Bertz CT molecular complexity index is 1010. The van der Waals surface area contributed by atoms with Gasteiger partial charge in [-0.1, -0.05) is 30.3 Å². The van der Waals surface area contributed by atoms with Crippen LogP contribution in [0.3, 0.4) is 0 Å². The SMILES string of the molecule is CCOc1ccc(-c2ccc(=O)n(CCCC(=O)N[C@@H](C)c3ccccc3)n2)cc1. The summed E-state index contributed by atoms with van der Waals surface area (Å²) in [5, 5.41) is 7.45. The van der Waals surface area contributed by atoms with Crippen LogP contribution in [0.2, 0.25) is 0 Å². The van der Waals surface area contributed by atoms with E-state index in [1.54, 1.807) is 6.07 Å². The summed E-state index contributed by atoms with van der Waals surface area (Å²) in [7, 11) is 0. The maximum Gasteiger partial charge on any atom is 0.266 e. The van der Waals surface area contributed by atoms with Gasteiger partial charge in [0, 0.05) is 24.6 Å². The van der Waals surface area contributed by atoms with Gasteiger partial charge in [0.25, 0.3) is 5.56 Å². The van der Waals surface area contributed by atoms with Crippen LogP contribution < -0.4 is 15.6 Å². The van der Waals surface area contributed by atoms with E-state index >= 15 is 0 Å². The molecule has 0 fully saturated rings. The lowest BCUT2D eigenvalue weighted by molar-refractivity contribution is -0.121. The van der Waals surface area contributed by atoms with E-state index in [2.05, 4.69) is 10.4 Å². The molecule has 0 aliphatic carbocycles. The lowest BCUT2D eigenvalue weighted by atomic mass is 10.1. The Balaban J connectivity index is 1.57. The van der Waals surface area contributed by atoms with E-state index in [9.17, 15) is 9.59 Å². The molecule has 1 heterocycles. The molecule has 0 aliphatic heterocycles. The van der Waals surface area contributed by atoms with E-state index in [4.69, 9.17) is 4.74 Å². The summed E-state index contributed by atoms with van der Waals surface area (Å²) in [5.74, 6) is 0.757. The summed E-state index contributed by atoms with van der Waals surface area (Å²) in [6.45, 7) is 4.89. The van der Waals surface area contributed by atoms with E-state index in [0.29, 0.717) is 31.7 Å². The molecule has 156 valence electrons. The number of benzene rings is 2. The van der Waals surface area contributed by atoms with E-state index in [1.807, 2.05) is 68.4 Å². The topological polar surface area (TPSA) is 73.2 Å². The molecule has 3 rings (SSSR count). The fraction of sp³-hybridized carbons (Fsp3) is 0.292. The van der Waals surface area contributed by atoms with Crippen molar-refractivity contribution in [2.24, 2.45) is 0 Å². The third kappa shape index (κ3) is 5.80. The molecule has 1 N–H and O–H groups in total. The zero-order valence-electron chi connectivity index (χ0n) is 17.4. The van der Waals surface area contributed by atoms with Crippen LogP contribution in [0.15, 0.2) is 71.5 Å². The monoisotopic (exact) mass is 405 g/mol. The number of hydrogen-bond acceptors (Lipinski definition) is 4. The zero-order chi connectivity index (χ0) is 21.3. The Labute approximate surface area is 176 Å². The predicted octanol–water partition coefficient (Wildman–Crippen LogP) is 3.97. The van der Waals surface area contributed by atoms with Crippen molar-refractivity contribution < 1.29 is 9.53 Å². The molecule has 0 saturated carbocycles. The highest BCUT2D eigenvalue weighted by atomic mass is 16.5. The highest BCUT2D eigenvalue weighted by molar-refractivity contribution is 5.76. The minimum Gasteiger partial charge on any atom is -0.494 e. The molecule has 1 amide bonds. The normalized spacial score (nSPS) is 11.7. The van der Waals surface area contributed by atoms with E-state index in [-0.39, 0.29) is 17.5 Å². The van der Waals surface area contributed by atoms with Gasteiger partial charge in [0.2, 0.25) is 5.91 Å². The van der Waals surface area contributed by atoms with E-state index in [0.717, 1.165) is 16.9 Å². The van der Waals surface area contributed by atoms with Crippen molar-refractivity contribution in [1.82, 2.24) is 15.1 Å². The molecule has 6 heteroatoms. The number of amides is 1. The van der Waals surface area contributed by atoms with Crippen LogP contribution in [-0.2, 0) is 11.3 Å². The van der Waals surface area contributed by atoms with Gasteiger partial charge in [-0.3, -0.25) is 9.59 Å². The molecule has 0 bridgehead atoms. The Morgan fingerprint density at radius 2 is 1.80 bits per heavy atom. The van der Waals surface area contributed by atoms with Gasteiger partial charge in [-0.25, -0.2) is 4.68 Å². The number of nitrogens with one attached hydrogen (secondary N) is 1. The lowest BCUT2D eigenvalue weighted by Gasteiger charge is -2.14. The van der Waals surface area contributed by atoms with Gasteiger partial charge in [0.05, 0.1) is 18.3 Å². The second-order valence-corrected chi connectivity index (χ2v) is 7.04. The van der Waals surface area contributed by atoms with Gasteiger partial charge in [-0.2, -0.15) is 5.10 Å². The van der Waals surface area contributed by atoms with Gasteiger partial charge < -0.3 is 10.1 Å².